The minimum atomic E-state index is -4.40. The first-order valence-electron chi connectivity index (χ1n) is 21.9. The summed E-state index contributed by atoms with van der Waals surface area (Å²) in [4.78, 5) is 34.9. The number of aliphatic hydroxyl groups is 1. The Balaban J connectivity index is 4.23. The predicted octanol–water partition coefficient (Wildman–Crippen LogP) is 11.5. The largest absolute Gasteiger partial charge is 0.472 e. The maximum atomic E-state index is 12.6. The lowest BCUT2D eigenvalue weighted by Gasteiger charge is -2.19. The zero-order chi connectivity index (χ0) is 41.2. The standard InChI is InChI=1S/C45H80NO9P/c1-3-5-7-9-11-12-13-14-15-16-17-18-19-20-21-22-24-28-33-37-45(49)55-43(41-54-56(50,51)53-39-38-46)40-52-44(48)36-32-29-25-27-31-35-42(47)34-30-26-23-10-8-6-4-2/h6,8,11-12,14-15,23,26,30,34,42-43,47H,3-5,7,9-10,13,16-22,24-25,27-29,31-33,35-41,46H2,1-2H3,(H,50,51)/b8-6+,12-11-,15-14-,26-23+,34-30+/t42?,43-/m1/s1. The fraction of sp³-hybridized carbons (Fsp3) is 0.733. The van der Waals surface area contributed by atoms with Crippen LogP contribution in [0.5, 0.6) is 0 Å². The summed E-state index contributed by atoms with van der Waals surface area (Å²) >= 11 is 0. The molecule has 0 saturated heterocycles. The van der Waals surface area contributed by atoms with Crippen LogP contribution in [0.3, 0.4) is 0 Å². The summed E-state index contributed by atoms with van der Waals surface area (Å²) in [5.41, 5.74) is 5.34. The van der Waals surface area contributed by atoms with Gasteiger partial charge < -0.3 is 25.2 Å². The average molecular weight is 810 g/mol. The van der Waals surface area contributed by atoms with E-state index in [-0.39, 0.29) is 32.6 Å². The molecule has 0 saturated carbocycles. The lowest BCUT2D eigenvalue weighted by Crippen LogP contribution is -2.29. The zero-order valence-electron chi connectivity index (χ0n) is 35.2. The van der Waals surface area contributed by atoms with Crippen molar-refractivity contribution in [1.29, 1.82) is 0 Å². The average Bonchev–Trinajstić information content (AvgIpc) is 3.18. The Kier molecular flexibility index (Phi) is 39.2. The number of carbonyl (C=O) groups is 2. The van der Waals surface area contributed by atoms with Gasteiger partial charge in [0.2, 0.25) is 0 Å². The van der Waals surface area contributed by atoms with Crippen molar-refractivity contribution in [2.45, 2.75) is 187 Å². The third-order valence-corrected chi connectivity index (χ3v) is 9.98. The third-order valence-electron chi connectivity index (χ3n) is 8.99. The first-order valence-corrected chi connectivity index (χ1v) is 23.4. The van der Waals surface area contributed by atoms with Crippen molar-refractivity contribution in [3.63, 3.8) is 0 Å². The molecule has 0 aromatic rings. The molecule has 0 amide bonds. The van der Waals surface area contributed by atoms with E-state index < -0.39 is 38.6 Å². The summed E-state index contributed by atoms with van der Waals surface area (Å²) in [6.07, 6.45) is 44.1. The number of ether oxygens (including phenoxy) is 2. The van der Waals surface area contributed by atoms with E-state index in [1.165, 1.54) is 57.8 Å². The summed E-state index contributed by atoms with van der Waals surface area (Å²) < 4.78 is 32.7. The first-order chi connectivity index (χ1) is 27.2. The van der Waals surface area contributed by atoms with E-state index in [2.05, 4.69) is 56.4 Å². The Labute approximate surface area is 341 Å². The zero-order valence-corrected chi connectivity index (χ0v) is 36.1. The molecule has 0 radical (unpaired) electrons. The molecule has 324 valence electrons. The van der Waals surface area contributed by atoms with Crippen molar-refractivity contribution in [1.82, 2.24) is 0 Å². The van der Waals surface area contributed by atoms with Gasteiger partial charge in [0.15, 0.2) is 6.10 Å². The number of phosphoric ester groups is 1. The highest BCUT2D eigenvalue weighted by molar-refractivity contribution is 7.47. The van der Waals surface area contributed by atoms with Gasteiger partial charge in [-0.1, -0.05) is 158 Å². The molecule has 0 aliphatic carbocycles. The van der Waals surface area contributed by atoms with Gasteiger partial charge in [0.1, 0.15) is 6.61 Å². The maximum absolute atomic E-state index is 12.6. The topological polar surface area (TPSA) is 155 Å². The molecule has 11 heteroatoms. The first kappa shape index (κ1) is 53.7. The van der Waals surface area contributed by atoms with Crippen LogP contribution < -0.4 is 5.73 Å². The molecule has 0 aliphatic heterocycles. The second-order valence-corrected chi connectivity index (χ2v) is 15.8. The molecule has 10 nitrogen and oxygen atoms in total. The number of nitrogens with two attached hydrogens (primary N) is 1. The van der Waals surface area contributed by atoms with Crippen LogP contribution in [0.4, 0.5) is 0 Å². The van der Waals surface area contributed by atoms with E-state index in [0.29, 0.717) is 19.3 Å². The van der Waals surface area contributed by atoms with Crippen LogP contribution in [0, 0.1) is 0 Å². The SMILES string of the molecule is CC/C=C/C/C=C/C=C/C(O)CCCCCCCC(=O)OC[C@H](COP(=O)(O)OCCN)OC(=O)CCCCCCCCCCC/C=C\C/C=C\CCCCC. The van der Waals surface area contributed by atoms with Crippen molar-refractivity contribution in [3.8, 4) is 0 Å². The normalized spacial score (nSPS) is 14.4. The van der Waals surface area contributed by atoms with E-state index in [1.807, 2.05) is 12.2 Å². The molecule has 56 heavy (non-hydrogen) atoms. The second-order valence-electron chi connectivity index (χ2n) is 14.4. The number of carbonyl (C=O) groups excluding carboxylic acids is 2. The van der Waals surface area contributed by atoms with Crippen LogP contribution >= 0.6 is 7.82 Å². The fourth-order valence-corrected chi connectivity index (χ4v) is 6.50. The van der Waals surface area contributed by atoms with Gasteiger partial charge in [-0.25, -0.2) is 4.57 Å². The van der Waals surface area contributed by atoms with Gasteiger partial charge in [0.25, 0.3) is 0 Å². The molecule has 0 aromatic heterocycles. The number of aliphatic hydroxyl groups excluding tert-OH is 1. The number of hydrogen-bond donors (Lipinski definition) is 3. The maximum Gasteiger partial charge on any atom is 0.472 e. The molecule has 0 aromatic carbocycles. The predicted molar refractivity (Wildman–Crippen MR) is 230 cm³/mol. The minimum absolute atomic E-state index is 0.0360. The molecule has 0 fully saturated rings. The summed E-state index contributed by atoms with van der Waals surface area (Å²) in [5.74, 6) is -0.913. The quantitative estimate of drug-likeness (QED) is 0.0179. The van der Waals surface area contributed by atoms with Gasteiger partial charge in [-0.15, -0.1) is 0 Å². The molecule has 0 heterocycles. The van der Waals surface area contributed by atoms with Crippen molar-refractivity contribution in [3.05, 3.63) is 60.8 Å². The Bertz CT molecular complexity index is 1120. The van der Waals surface area contributed by atoms with E-state index in [9.17, 15) is 24.2 Å². The van der Waals surface area contributed by atoms with E-state index in [0.717, 1.165) is 70.6 Å². The second kappa shape index (κ2) is 40.9. The van der Waals surface area contributed by atoms with Gasteiger partial charge >= 0.3 is 19.8 Å². The molecule has 0 spiro atoms. The van der Waals surface area contributed by atoms with Crippen LogP contribution in [0.25, 0.3) is 0 Å². The van der Waals surface area contributed by atoms with E-state index in [1.54, 1.807) is 6.08 Å². The highest BCUT2D eigenvalue weighted by atomic mass is 31.2. The van der Waals surface area contributed by atoms with Gasteiger partial charge in [0, 0.05) is 19.4 Å². The fourth-order valence-electron chi connectivity index (χ4n) is 5.73. The molecular formula is C45H80NO9P. The lowest BCUT2D eigenvalue weighted by molar-refractivity contribution is -0.161. The monoisotopic (exact) mass is 810 g/mol. The Hall–Kier alpha value is -2.33. The molecule has 3 atom stereocenters. The van der Waals surface area contributed by atoms with Crippen LogP contribution in [0.2, 0.25) is 0 Å². The van der Waals surface area contributed by atoms with Crippen molar-refractivity contribution < 1.29 is 42.7 Å². The van der Waals surface area contributed by atoms with Gasteiger partial charge in [-0.3, -0.25) is 18.6 Å². The number of unbranched alkanes of at least 4 members (excludes halogenated alkanes) is 16. The Morgan fingerprint density at radius 1 is 0.643 bits per heavy atom. The Morgan fingerprint density at radius 3 is 1.82 bits per heavy atom. The highest BCUT2D eigenvalue weighted by Crippen LogP contribution is 2.43. The highest BCUT2D eigenvalue weighted by Gasteiger charge is 2.26. The number of hydrogen-bond acceptors (Lipinski definition) is 9. The van der Waals surface area contributed by atoms with Crippen molar-refractivity contribution in [2.24, 2.45) is 5.73 Å². The summed E-state index contributed by atoms with van der Waals surface area (Å²) in [6.45, 7) is 3.45. The van der Waals surface area contributed by atoms with Gasteiger partial charge in [0.05, 0.1) is 19.3 Å². The third kappa shape index (κ3) is 39.9. The number of esters is 2. The summed E-state index contributed by atoms with van der Waals surface area (Å²) in [7, 11) is -4.40. The van der Waals surface area contributed by atoms with Crippen molar-refractivity contribution >= 4 is 19.8 Å². The van der Waals surface area contributed by atoms with Crippen LogP contribution in [-0.2, 0) is 32.7 Å². The molecule has 4 N–H and O–H groups in total. The van der Waals surface area contributed by atoms with Gasteiger partial charge in [-0.05, 0) is 64.2 Å². The van der Waals surface area contributed by atoms with Crippen LogP contribution in [0.1, 0.15) is 174 Å². The van der Waals surface area contributed by atoms with E-state index in [4.69, 9.17) is 24.3 Å². The summed E-state index contributed by atoms with van der Waals surface area (Å²) in [6, 6.07) is 0. The van der Waals surface area contributed by atoms with Gasteiger partial charge in [-0.2, -0.15) is 0 Å². The molecule has 2 unspecified atom stereocenters. The number of allylic oxidation sites excluding steroid dienone is 9. The van der Waals surface area contributed by atoms with Crippen LogP contribution in [-0.4, -0.2) is 60.5 Å². The summed E-state index contributed by atoms with van der Waals surface area (Å²) in [5, 5.41) is 10.1. The lowest BCUT2D eigenvalue weighted by atomic mass is 10.1. The smallest absolute Gasteiger partial charge is 0.462 e. The molecule has 0 bridgehead atoms. The van der Waals surface area contributed by atoms with Crippen LogP contribution in [0.15, 0.2) is 60.8 Å². The van der Waals surface area contributed by atoms with Crippen molar-refractivity contribution in [2.75, 3.05) is 26.4 Å². The number of phosphoric acid groups is 1. The Morgan fingerprint density at radius 2 is 1.20 bits per heavy atom. The minimum Gasteiger partial charge on any atom is -0.462 e. The van der Waals surface area contributed by atoms with E-state index >= 15 is 0 Å². The number of rotatable bonds is 40. The molecular weight excluding hydrogens is 729 g/mol. The molecule has 0 rings (SSSR count). The molecule has 0 aliphatic rings.